The maximum absolute atomic E-state index is 11.9. The first-order chi connectivity index (χ1) is 5.92. The van der Waals surface area contributed by atoms with Gasteiger partial charge in [0.2, 0.25) is 0 Å². The second kappa shape index (κ2) is 3.47. The first-order valence-corrected chi connectivity index (χ1v) is 5.47. The molecule has 1 fully saturated rings. The van der Waals surface area contributed by atoms with E-state index >= 15 is 0 Å². The van der Waals surface area contributed by atoms with Gasteiger partial charge >= 0.3 is 5.76 Å². The van der Waals surface area contributed by atoms with Crippen molar-refractivity contribution in [1.29, 1.82) is 0 Å². The zero-order valence-corrected chi connectivity index (χ0v) is 7.78. The maximum Gasteiger partial charge on any atom is 0.350 e. The summed E-state index contributed by atoms with van der Waals surface area (Å²) in [6.07, 6.45) is 1.90. The molecular formula is C6H12F2N2O2S. The largest absolute Gasteiger partial charge is 0.350 e. The van der Waals surface area contributed by atoms with Crippen LogP contribution in [0.2, 0.25) is 0 Å². The average Bonchev–Trinajstić information content (AvgIpc) is 1.96. The molecule has 13 heavy (non-hydrogen) atoms. The molecule has 0 amide bonds. The Kier molecular flexibility index (Phi) is 2.88. The summed E-state index contributed by atoms with van der Waals surface area (Å²) >= 11 is 0. The fraction of sp³-hybridized carbons (Fsp3) is 1.00. The molecule has 0 heterocycles. The lowest BCUT2D eigenvalue weighted by Gasteiger charge is -2.40. The van der Waals surface area contributed by atoms with Crippen LogP contribution in [-0.2, 0) is 10.0 Å². The summed E-state index contributed by atoms with van der Waals surface area (Å²) in [5.74, 6) is -3.38. The molecule has 4 nitrogen and oxygen atoms in total. The van der Waals surface area contributed by atoms with Gasteiger partial charge in [0.1, 0.15) is 0 Å². The Bertz CT molecular complexity index is 269. The number of hydrogen-bond donors (Lipinski definition) is 2. The predicted molar refractivity (Wildman–Crippen MR) is 43.7 cm³/mol. The topological polar surface area (TPSA) is 72.2 Å². The normalized spacial score (nSPS) is 21.5. The summed E-state index contributed by atoms with van der Waals surface area (Å²) in [6, 6.07) is 0. The Balaban J connectivity index is 2.67. The fourth-order valence-electron chi connectivity index (χ4n) is 1.30. The molecule has 0 aromatic heterocycles. The van der Waals surface area contributed by atoms with Crippen LogP contribution in [0.5, 0.6) is 0 Å². The third kappa shape index (κ3) is 2.15. The van der Waals surface area contributed by atoms with Gasteiger partial charge in [-0.15, -0.1) is 0 Å². The van der Waals surface area contributed by atoms with E-state index in [0.29, 0.717) is 12.8 Å². The van der Waals surface area contributed by atoms with Crippen LogP contribution in [0.1, 0.15) is 19.3 Å². The van der Waals surface area contributed by atoms with Crippen LogP contribution < -0.4 is 10.5 Å². The molecular weight excluding hydrogens is 202 g/mol. The lowest BCUT2D eigenvalue weighted by Crippen LogP contribution is -2.59. The van der Waals surface area contributed by atoms with E-state index in [1.54, 1.807) is 0 Å². The van der Waals surface area contributed by atoms with E-state index in [0.717, 1.165) is 6.42 Å². The van der Waals surface area contributed by atoms with Gasteiger partial charge in [-0.1, -0.05) is 0 Å². The van der Waals surface area contributed by atoms with Crippen molar-refractivity contribution in [2.45, 2.75) is 30.6 Å². The molecule has 0 spiro atoms. The van der Waals surface area contributed by atoms with E-state index in [-0.39, 0.29) is 6.54 Å². The summed E-state index contributed by atoms with van der Waals surface area (Å²) < 4.78 is 47.4. The number of rotatable bonds is 4. The quantitative estimate of drug-likeness (QED) is 0.692. The Hall–Kier alpha value is -0.270. The van der Waals surface area contributed by atoms with E-state index in [4.69, 9.17) is 5.73 Å². The van der Waals surface area contributed by atoms with Crippen molar-refractivity contribution in [2.24, 2.45) is 5.73 Å². The number of halogens is 2. The third-order valence-electron chi connectivity index (χ3n) is 2.29. The predicted octanol–water partition coefficient (Wildman–Crippen LogP) is 0.00980. The van der Waals surface area contributed by atoms with Crippen LogP contribution in [0.25, 0.3) is 0 Å². The molecule has 0 bridgehead atoms. The Morgan fingerprint density at radius 2 is 2.00 bits per heavy atom. The van der Waals surface area contributed by atoms with Gasteiger partial charge in [-0.3, -0.25) is 0 Å². The summed E-state index contributed by atoms with van der Waals surface area (Å²) in [6.45, 7) is 0.0684. The zero-order chi connectivity index (χ0) is 10.1. The molecule has 0 saturated heterocycles. The van der Waals surface area contributed by atoms with Crippen molar-refractivity contribution in [1.82, 2.24) is 4.72 Å². The lowest BCUT2D eigenvalue weighted by molar-refractivity contribution is 0.203. The third-order valence-corrected chi connectivity index (χ3v) is 3.48. The molecule has 0 aliphatic heterocycles. The molecule has 1 saturated carbocycles. The highest BCUT2D eigenvalue weighted by Crippen LogP contribution is 2.31. The minimum atomic E-state index is -4.49. The first-order valence-electron chi connectivity index (χ1n) is 3.93. The van der Waals surface area contributed by atoms with Crippen LogP contribution >= 0.6 is 0 Å². The highest BCUT2D eigenvalue weighted by molar-refractivity contribution is 7.89. The van der Waals surface area contributed by atoms with Crippen molar-refractivity contribution < 1.29 is 17.2 Å². The Labute approximate surface area is 75.5 Å². The molecule has 0 unspecified atom stereocenters. The van der Waals surface area contributed by atoms with E-state index in [9.17, 15) is 17.2 Å². The van der Waals surface area contributed by atoms with Crippen molar-refractivity contribution in [2.75, 3.05) is 6.54 Å². The van der Waals surface area contributed by atoms with Gasteiger partial charge in [0.05, 0.1) is 0 Å². The number of nitrogens with two attached hydrogens (primary N) is 1. The van der Waals surface area contributed by atoms with Crippen LogP contribution in [0.3, 0.4) is 0 Å². The number of alkyl halides is 2. The standard InChI is InChI=1S/C6H12F2N2O2S/c7-5(8)13(11,12)10-6(4-9)2-1-3-6/h5,10H,1-4,9H2. The molecule has 3 N–H and O–H groups in total. The molecule has 7 heteroatoms. The monoisotopic (exact) mass is 214 g/mol. The van der Waals surface area contributed by atoms with Gasteiger partial charge in [-0.05, 0) is 19.3 Å². The second-order valence-corrected chi connectivity index (χ2v) is 4.90. The van der Waals surface area contributed by atoms with Gasteiger partial charge in [0, 0.05) is 12.1 Å². The minimum absolute atomic E-state index is 0.0684. The molecule has 1 aliphatic carbocycles. The second-order valence-electron chi connectivity index (χ2n) is 3.25. The maximum atomic E-state index is 11.9. The Morgan fingerprint density at radius 3 is 2.23 bits per heavy atom. The smallest absolute Gasteiger partial charge is 0.329 e. The molecule has 0 radical (unpaired) electrons. The van der Waals surface area contributed by atoms with E-state index < -0.39 is 21.3 Å². The van der Waals surface area contributed by atoms with Gasteiger partial charge in [0.25, 0.3) is 10.0 Å². The fourth-order valence-corrected chi connectivity index (χ4v) is 2.28. The molecule has 0 aromatic carbocycles. The lowest BCUT2D eigenvalue weighted by atomic mass is 9.78. The molecule has 78 valence electrons. The Morgan fingerprint density at radius 1 is 1.46 bits per heavy atom. The average molecular weight is 214 g/mol. The molecule has 0 atom stereocenters. The number of hydrogen-bond acceptors (Lipinski definition) is 3. The number of nitrogens with one attached hydrogen (secondary N) is 1. The van der Waals surface area contributed by atoms with E-state index in [1.165, 1.54) is 0 Å². The van der Waals surface area contributed by atoms with Crippen molar-refractivity contribution >= 4 is 10.0 Å². The van der Waals surface area contributed by atoms with Gasteiger partial charge in [0.15, 0.2) is 0 Å². The molecule has 1 aliphatic rings. The zero-order valence-electron chi connectivity index (χ0n) is 6.96. The van der Waals surface area contributed by atoms with Gasteiger partial charge in [-0.25, -0.2) is 13.1 Å². The van der Waals surface area contributed by atoms with Crippen molar-refractivity contribution in [3.05, 3.63) is 0 Å². The highest BCUT2D eigenvalue weighted by atomic mass is 32.2. The van der Waals surface area contributed by atoms with Crippen LogP contribution in [0, 0.1) is 0 Å². The number of sulfonamides is 1. The summed E-state index contributed by atoms with van der Waals surface area (Å²) in [5.41, 5.74) is 4.49. The van der Waals surface area contributed by atoms with E-state index in [2.05, 4.69) is 0 Å². The van der Waals surface area contributed by atoms with Crippen LogP contribution in [0.15, 0.2) is 0 Å². The van der Waals surface area contributed by atoms with E-state index in [1.807, 2.05) is 4.72 Å². The van der Waals surface area contributed by atoms with Gasteiger partial charge in [-0.2, -0.15) is 8.78 Å². The minimum Gasteiger partial charge on any atom is -0.329 e. The summed E-state index contributed by atoms with van der Waals surface area (Å²) in [4.78, 5) is 0. The highest BCUT2D eigenvalue weighted by Gasteiger charge is 2.41. The first kappa shape index (κ1) is 10.8. The SMILES string of the molecule is NCC1(NS(=O)(=O)C(F)F)CCC1. The van der Waals surface area contributed by atoms with Crippen molar-refractivity contribution in [3.8, 4) is 0 Å². The van der Waals surface area contributed by atoms with Crippen molar-refractivity contribution in [3.63, 3.8) is 0 Å². The van der Waals surface area contributed by atoms with Crippen LogP contribution in [0.4, 0.5) is 8.78 Å². The summed E-state index contributed by atoms with van der Waals surface area (Å²) in [7, 11) is -4.49. The summed E-state index contributed by atoms with van der Waals surface area (Å²) in [5, 5.41) is 0. The van der Waals surface area contributed by atoms with Gasteiger partial charge < -0.3 is 5.73 Å². The molecule has 1 rings (SSSR count). The van der Waals surface area contributed by atoms with Crippen LogP contribution in [-0.4, -0.2) is 26.3 Å². The molecule has 0 aromatic rings.